The number of amides is 1. The Morgan fingerprint density at radius 1 is 1.13 bits per heavy atom. The van der Waals surface area contributed by atoms with Crippen LogP contribution in [0.2, 0.25) is 5.02 Å². The van der Waals surface area contributed by atoms with Crippen LogP contribution in [-0.2, 0) is 4.74 Å². The molecule has 0 aliphatic carbocycles. The van der Waals surface area contributed by atoms with E-state index in [4.69, 9.17) is 21.1 Å². The zero-order chi connectivity index (χ0) is 21.8. The molecule has 2 aromatic carbocycles. The van der Waals surface area contributed by atoms with Gasteiger partial charge in [0.15, 0.2) is 0 Å². The molecule has 8 nitrogen and oxygen atoms in total. The molecule has 1 aliphatic rings. The van der Waals surface area contributed by atoms with Gasteiger partial charge in [-0.25, -0.2) is 0 Å². The lowest BCUT2D eigenvalue weighted by molar-refractivity contribution is -0.277. The lowest BCUT2D eigenvalue weighted by Crippen LogP contribution is -2.60. The van der Waals surface area contributed by atoms with Crippen LogP contribution in [0.1, 0.15) is 28.9 Å². The average molecular weight is 438 g/mol. The van der Waals surface area contributed by atoms with E-state index in [1.807, 2.05) is 37.3 Å². The topological polar surface area (TPSA) is 128 Å². The number of carbonyl (C=O) groups is 1. The van der Waals surface area contributed by atoms with E-state index in [9.17, 15) is 25.2 Å². The fourth-order valence-electron chi connectivity index (χ4n) is 3.17. The minimum absolute atomic E-state index is 0.0569. The van der Waals surface area contributed by atoms with Crippen molar-refractivity contribution in [2.24, 2.45) is 0 Å². The number of benzene rings is 2. The second-order valence-electron chi connectivity index (χ2n) is 7.06. The number of rotatable bonds is 6. The van der Waals surface area contributed by atoms with Gasteiger partial charge in [0.1, 0.15) is 30.2 Å². The third-order valence-electron chi connectivity index (χ3n) is 4.92. The molecule has 1 fully saturated rings. The highest BCUT2D eigenvalue weighted by molar-refractivity contribution is 6.31. The Hall–Kier alpha value is -2.20. The Balaban J connectivity index is 1.80. The fraction of sp³-hybridized carbons (Fsp3) is 0.381. The Kier molecular flexibility index (Phi) is 7.30. The van der Waals surface area contributed by atoms with Crippen molar-refractivity contribution in [1.29, 1.82) is 0 Å². The molecule has 1 amide bonds. The Morgan fingerprint density at radius 3 is 2.50 bits per heavy atom. The van der Waals surface area contributed by atoms with Crippen molar-refractivity contribution in [3.8, 4) is 5.75 Å². The van der Waals surface area contributed by atoms with Crippen molar-refractivity contribution in [1.82, 2.24) is 5.32 Å². The molecule has 1 heterocycles. The van der Waals surface area contributed by atoms with Gasteiger partial charge in [-0.3, -0.25) is 4.79 Å². The summed E-state index contributed by atoms with van der Waals surface area (Å²) in [4.78, 5) is 12.9. The molecule has 9 heteroatoms. The molecule has 162 valence electrons. The van der Waals surface area contributed by atoms with Gasteiger partial charge in [0, 0.05) is 5.02 Å². The molecule has 6 unspecified atom stereocenters. The van der Waals surface area contributed by atoms with Gasteiger partial charge in [0.05, 0.1) is 18.2 Å². The van der Waals surface area contributed by atoms with Gasteiger partial charge in [-0.15, -0.1) is 0 Å². The molecular formula is C21H24ClNO7. The van der Waals surface area contributed by atoms with E-state index in [-0.39, 0.29) is 17.4 Å². The highest BCUT2D eigenvalue weighted by atomic mass is 35.5. The summed E-state index contributed by atoms with van der Waals surface area (Å²) < 4.78 is 11.0. The lowest BCUT2D eigenvalue weighted by atomic mass is 9.99. The number of hydrogen-bond donors (Lipinski definition) is 5. The first-order valence-corrected chi connectivity index (χ1v) is 9.82. The monoisotopic (exact) mass is 437 g/mol. The Labute approximate surface area is 178 Å². The predicted molar refractivity (Wildman–Crippen MR) is 108 cm³/mol. The van der Waals surface area contributed by atoms with Crippen LogP contribution < -0.4 is 10.1 Å². The van der Waals surface area contributed by atoms with Crippen molar-refractivity contribution in [3.05, 3.63) is 64.7 Å². The van der Waals surface area contributed by atoms with Gasteiger partial charge in [0.25, 0.3) is 5.91 Å². The summed E-state index contributed by atoms with van der Waals surface area (Å²) in [6.07, 6.45) is -7.25. The van der Waals surface area contributed by atoms with E-state index >= 15 is 0 Å². The Bertz CT molecular complexity index is 864. The summed E-state index contributed by atoms with van der Waals surface area (Å²) in [5, 5.41) is 42.5. The zero-order valence-corrected chi connectivity index (χ0v) is 16.9. The van der Waals surface area contributed by atoms with Crippen LogP contribution in [0.5, 0.6) is 5.75 Å². The molecule has 5 N–H and O–H groups in total. The minimum atomic E-state index is -1.60. The summed E-state index contributed by atoms with van der Waals surface area (Å²) >= 11 is 6.05. The van der Waals surface area contributed by atoms with Crippen LogP contribution in [0.3, 0.4) is 0 Å². The largest absolute Gasteiger partial charge is 0.461 e. The first-order chi connectivity index (χ1) is 14.3. The molecule has 1 saturated heterocycles. The number of carbonyl (C=O) groups excluding carboxylic acids is 1. The van der Waals surface area contributed by atoms with Crippen molar-refractivity contribution in [2.75, 3.05) is 6.61 Å². The molecule has 3 rings (SSSR count). The van der Waals surface area contributed by atoms with Gasteiger partial charge in [-0.1, -0.05) is 41.9 Å². The first kappa shape index (κ1) is 22.5. The quantitative estimate of drug-likeness (QED) is 0.456. The second kappa shape index (κ2) is 9.74. The third kappa shape index (κ3) is 4.92. The van der Waals surface area contributed by atoms with Crippen molar-refractivity contribution < 1.29 is 34.7 Å². The number of aliphatic hydroxyl groups excluding tert-OH is 4. The molecule has 6 atom stereocenters. The van der Waals surface area contributed by atoms with Crippen molar-refractivity contribution in [3.63, 3.8) is 0 Å². The van der Waals surface area contributed by atoms with E-state index in [1.54, 1.807) is 0 Å². The summed E-state index contributed by atoms with van der Waals surface area (Å²) in [6, 6.07) is 13.4. The minimum Gasteiger partial charge on any atom is -0.461 e. The molecule has 0 aromatic heterocycles. The van der Waals surface area contributed by atoms with Crippen molar-refractivity contribution >= 4 is 17.5 Å². The molecular weight excluding hydrogens is 414 g/mol. The van der Waals surface area contributed by atoms with Gasteiger partial charge < -0.3 is 35.2 Å². The highest BCUT2D eigenvalue weighted by Crippen LogP contribution is 2.29. The van der Waals surface area contributed by atoms with Gasteiger partial charge in [-0.05, 0) is 30.7 Å². The normalized spacial score (nSPS) is 27.3. The standard InChI is InChI=1S/C21H24ClNO7/c1-11(12-5-3-2-4-6-12)23-20(28)14-9-13(22)7-8-15(14)29-21-19(27)18(26)17(25)16(10-24)30-21/h2-9,11,16-19,21,24-27H,10H2,1H3,(H,23,28). The number of ether oxygens (including phenoxy) is 2. The second-order valence-corrected chi connectivity index (χ2v) is 7.50. The maximum Gasteiger partial charge on any atom is 0.255 e. The maximum absolute atomic E-state index is 12.9. The molecule has 1 aliphatic heterocycles. The van der Waals surface area contributed by atoms with Crippen LogP contribution in [0.15, 0.2) is 48.5 Å². The van der Waals surface area contributed by atoms with Crippen LogP contribution >= 0.6 is 11.6 Å². The SMILES string of the molecule is CC(NC(=O)c1cc(Cl)ccc1OC1OC(CO)C(O)C(O)C1O)c1ccccc1. The molecule has 0 saturated carbocycles. The van der Waals surface area contributed by atoms with Crippen LogP contribution in [0.25, 0.3) is 0 Å². The lowest BCUT2D eigenvalue weighted by Gasteiger charge is -2.39. The molecule has 0 spiro atoms. The smallest absolute Gasteiger partial charge is 0.255 e. The number of nitrogens with one attached hydrogen (secondary N) is 1. The first-order valence-electron chi connectivity index (χ1n) is 9.44. The number of halogens is 1. The fourth-order valence-corrected chi connectivity index (χ4v) is 3.34. The van der Waals surface area contributed by atoms with E-state index in [2.05, 4.69) is 5.32 Å². The summed E-state index contributed by atoms with van der Waals surface area (Å²) in [5.74, 6) is -0.407. The third-order valence-corrected chi connectivity index (χ3v) is 5.16. The highest BCUT2D eigenvalue weighted by Gasteiger charge is 2.45. The summed E-state index contributed by atoms with van der Waals surface area (Å²) in [5.41, 5.74) is 1.01. The maximum atomic E-state index is 12.9. The number of aliphatic hydroxyl groups is 4. The number of hydrogen-bond acceptors (Lipinski definition) is 7. The van der Waals surface area contributed by atoms with Gasteiger partial charge in [0.2, 0.25) is 6.29 Å². The average Bonchev–Trinajstić information content (AvgIpc) is 2.75. The summed E-state index contributed by atoms with van der Waals surface area (Å²) in [6.45, 7) is 1.24. The predicted octanol–water partition coefficient (Wildman–Crippen LogP) is 1.01. The molecule has 0 bridgehead atoms. The summed E-state index contributed by atoms with van der Waals surface area (Å²) in [7, 11) is 0. The van der Waals surface area contributed by atoms with Crippen LogP contribution in [0, 0.1) is 0 Å². The van der Waals surface area contributed by atoms with E-state index < -0.39 is 43.2 Å². The van der Waals surface area contributed by atoms with Gasteiger partial charge in [-0.2, -0.15) is 0 Å². The van der Waals surface area contributed by atoms with Crippen LogP contribution in [-0.4, -0.2) is 63.6 Å². The van der Waals surface area contributed by atoms with Gasteiger partial charge >= 0.3 is 0 Å². The van der Waals surface area contributed by atoms with Crippen molar-refractivity contribution in [2.45, 2.75) is 43.7 Å². The zero-order valence-electron chi connectivity index (χ0n) is 16.2. The van der Waals surface area contributed by atoms with E-state index in [0.29, 0.717) is 5.02 Å². The molecule has 30 heavy (non-hydrogen) atoms. The molecule has 2 aromatic rings. The van der Waals surface area contributed by atoms with Crippen LogP contribution in [0.4, 0.5) is 0 Å². The molecule has 0 radical (unpaired) electrons. The van der Waals surface area contributed by atoms with E-state index in [1.165, 1.54) is 18.2 Å². The Morgan fingerprint density at radius 2 is 1.83 bits per heavy atom. The van der Waals surface area contributed by atoms with E-state index in [0.717, 1.165) is 5.56 Å².